The first kappa shape index (κ1) is 15.3. The molecule has 18 heavy (non-hydrogen) atoms. The standard InChI is InChI=1S/C12H22F3N3/c1-11(2)4-3-6-18(7-5-11)8-9(10(16)17)12(13,14)15/h9H,3-8H2,1-2H3,(H3,16,17). The first-order chi connectivity index (χ1) is 8.12. The van der Waals surface area contributed by atoms with Crippen LogP contribution in [-0.4, -0.2) is 36.5 Å². The van der Waals surface area contributed by atoms with E-state index in [4.69, 9.17) is 11.1 Å². The van der Waals surface area contributed by atoms with Crippen molar-refractivity contribution in [3.05, 3.63) is 0 Å². The van der Waals surface area contributed by atoms with Gasteiger partial charge in [0.05, 0.1) is 0 Å². The van der Waals surface area contributed by atoms with Gasteiger partial charge in [-0.05, 0) is 37.8 Å². The second kappa shape index (κ2) is 5.47. The molecule has 0 bridgehead atoms. The summed E-state index contributed by atoms with van der Waals surface area (Å²) in [5, 5.41) is 7.09. The van der Waals surface area contributed by atoms with Gasteiger partial charge in [0.2, 0.25) is 0 Å². The molecule has 0 amide bonds. The third-order valence-corrected chi connectivity index (χ3v) is 3.64. The van der Waals surface area contributed by atoms with E-state index in [-0.39, 0.29) is 12.0 Å². The molecule has 0 aromatic heterocycles. The van der Waals surface area contributed by atoms with Crippen LogP contribution < -0.4 is 5.73 Å². The summed E-state index contributed by atoms with van der Waals surface area (Å²) in [4.78, 5) is 1.79. The van der Waals surface area contributed by atoms with Crippen LogP contribution in [0.2, 0.25) is 0 Å². The topological polar surface area (TPSA) is 53.1 Å². The maximum atomic E-state index is 12.7. The van der Waals surface area contributed by atoms with Crippen LogP contribution in [0.3, 0.4) is 0 Å². The van der Waals surface area contributed by atoms with E-state index in [2.05, 4.69) is 13.8 Å². The average molecular weight is 265 g/mol. The number of hydrogen-bond donors (Lipinski definition) is 2. The number of halogens is 3. The minimum absolute atomic E-state index is 0.186. The molecule has 1 unspecified atom stereocenters. The number of alkyl halides is 3. The minimum Gasteiger partial charge on any atom is -0.387 e. The van der Waals surface area contributed by atoms with Crippen molar-refractivity contribution in [3.8, 4) is 0 Å². The molecule has 1 atom stereocenters. The van der Waals surface area contributed by atoms with Gasteiger partial charge in [0.1, 0.15) is 11.8 Å². The zero-order valence-corrected chi connectivity index (χ0v) is 11.0. The normalized spacial score (nSPS) is 23.4. The van der Waals surface area contributed by atoms with E-state index in [9.17, 15) is 13.2 Å². The van der Waals surface area contributed by atoms with Crippen molar-refractivity contribution in [3.63, 3.8) is 0 Å². The van der Waals surface area contributed by atoms with Crippen LogP contribution in [0.4, 0.5) is 13.2 Å². The third-order valence-electron chi connectivity index (χ3n) is 3.64. The van der Waals surface area contributed by atoms with Gasteiger partial charge < -0.3 is 10.6 Å². The van der Waals surface area contributed by atoms with E-state index in [0.717, 1.165) is 19.3 Å². The van der Waals surface area contributed by atoms with Crippen LogP contribution in [0.1, 0.15) is 33.1 Å². The zero-order chi connectivity index (χ0) is 14.0. The molecule has 106 valence electrons. The Kier molecular flexibility index (Phi) is 4.64. The molecule has 0 aliphatic carbocycles. The molecule has 1 fully saturated rings. The fourth-order valence-electron chi connectivity index (χ4n) is 2.30. The summed E-state index contributed by atoms with van der Waals surface area (Å²) in [7, 11) is 0. The quantitative estimate of drug-likeness (QED) is 0.609. The number of rotatable bonds is 3. The summed E-state index contributed by atoms with van der Waals surface area (Å²) < 4.78 is 38.2. The molecule has 0 aromatic rings. The lowest BCUT2D eigenvalue weighted by atomic mass is 9.85. The molecule has 1 aliphatic heterocycles. The van der Waals surface area contributed by atoms with Crippen LogP contribution in [0.5, 0.6) is 0 Å². The lowest BCUT2D eigenvalue weighted by Crippen LogP contribution is -2.44. The van der Waals surface area contributed by atoms with Gasteiger partial charge in [-0.1, -0.05) is 13.8 Å². The lowest BCUT2D eigenvalue weighted by molar-refractivity contribution is -0.160. The molecule has 3 N–H and O–H groups in total. The smallest absolute Gasteiger partial charge is 0.387 e. The highest BCUT2D eigenvalue weighted by Gasteiger charge is 2.43. The van der Waals surface area contributed by atoms with Crippen molar-refractivity contribution in [1.29, 1.82) is 5.41 Å². The van der Waals surface area contributed by atoms with Gasteiger partial charge in [-0.25, -0.2) is 0 Å². The molecular weight excluding hydrogens is 243 g/mol. The van der Waals surface area contributed by atoms with Crippen molar-refractivity contribution < 1.29 is 13.2 Å². The third kappa shape index (κ3) is 4.48. The molecule has 0 radical (unpaired) electrons. The van der Waals surface area contributed by atoms with Crippen molar-refractivity contribution in [2.45, 2.75) is 39.3 Å². The molecular formula is C12H22F3N3. The van der Waals surface area contributed by atoms with Crippen LogP contribution >= 0.6 is 0 Å². The highest BCUT2D eigenvalue weighted by atomic mass is 19.4. The summed E-state index contributed by atoms with van der Waals surface area (Å²) in [6, 6.07) is 0. The average Bonchev–Trinajstić information content (AvgIpc) is 2.34. The summed E-state index contributed by atoms with van der Waals surface area (Å²) >= 11 is 0. The number of hydrogen-bond acceptors (Lipinski definition) is 2. The van der Waals surface area contributed by atoms with Gasteiger partial charge in [0, 0.05) is 6.54 Å². The fraction of sp³-hybridized carbons (Fsp3) is 0.917. The molecule has 1 heterocycles. The van der Waals surface area contributed by atoms with Gasteiger partial charge in [-0.3, -0.25) is 5.41 Å². The Balaban J connectivity index is 2.63. The van der Waals surface area contributed by atoms with Gasteiger partial charge in [-0.2, -0.15) is 13.2 Å². The second-order valence-electron chi connectivity index (χ2n) is 5.87. The summed E-state index contributed by atoms with van der Waals surface area (Å²) in [5.74, 6) is -2.62. The van der Waals surface area contributed by atoms with Crippen LogP contribution in [0.15, 0.2) is 0 Å². The van der Waals surface area contributed by atoms with Gasteiger partial charge >= 0.3 is 6.18 Å². The number of likely N-dealkylation sites (tertiary alicyclic amines) is 1. The largest absolute Gasteiger partial charge is 0.399 e. The lowest BCUT2D eigenvalue weighted by Gasteiger charge is -2.27. The predicted molar refractivity (Wildman–Crippen MR) is 65.5 cm³/mol. The minimum atomic E-state index is -4.42. The Labute approximate surface area is 106 Å². The van der Waals surface area contributed by atoms with E-state index in [1.54, 1.807) is 4.90 Å². The second-order valence-corrected chi connectivity index (χ2v) is 5.87. The SMILES string of the molecule is CC1(C)CCCN(CC(C(=N)N)C(F)(F)F)CC1. The Morgan fingerprint density at radius 1 is 1.33 bits per heavy atom. The number of nitrogens with one attached hydrogen (secondary N) is 1. The van der Waals surface area contributed by atoms with E-state index < -0.39 is 17.9 Å². The monoisotopic (exact) mass is 265 g/mol. The Morgan fingerprint density at radius 3 is 2.44 bits per heavy atom. The fourth-order valence-corrected chi connectivity index (χ4v) is 2.30. The molecule has 0 saturated carbocycles. The first-order valence-electron chi connectivity index (χ1n) is 6.25. The predicted octanol–water partition coefficient (Wildman–Crippen LogP) is 2.61. The molecule has 1 aliphatic rings. The molecule has 3 nitrogen and oxygen atoms in total. The Morgan fingerprint density at radius 2 is 1.94 bits per heavy atom. The summed E-state index contributed by atoms with van der Waals surface area (Å²) in [5.41, 5.74) is 5.26. The Hall–Kier alpha value is -0.780. The molecule has 6 heteroatoms. The van der Waals surface area contributed by atoms with Gasteiger partial charge in [0.15, 0.2) is 0 Å². The number of amidine groups is 1. The highest BCUT2D eigenvalue weighted by molar-refractivity contribution is 5.80. The van der Waals surface area contributed by atoms with Crippen molar-refractivity contribution in [2.24, 2.45) is 17.1 Å². The van der Waals surface area contributed by atoms with Gasteiger partial charge in [0.25, 0.3) is 0 Å². The first-order valence-corrected chi connectivity index (χ1v) is 6.25. The van der Waals surface area contributed by atoms with Crippen molar-refractivity contribution in [1.82, 2.24) is 4.90 Å². The highest BCUT2D eigenvalue weighted by Crippen LogP contribution is 2.32. The van der Waals surface area contributed by atoms with E-state index >= 15 is 0 Å². The van der Waals surface area contributed by atoms with E-state index in [0.29, 0.717) is 13.1 Å². The van der Waals surface area contributed by atoms with Crippen molar-refractivity contribution >= 4 is 5.84 Å². The van der Waals surface area contributed by atoms with E-state index in [1.165, 1.54) is 0 Å². The molecule has 1 rings (SSSR count). The van der Waals surface area contributed by atoms with Crippen LogP contribution in [-0.2, 0) is 0 Å². The van der Waals surface area contributed by atoms with E-state index in [1.807, 2.05) is 0 Å². The molecule has 0 spiro atoms. The number of nitrogens with two attached hydrogens (primary N) is 1. The Bertz CT molecular complexity index is 299. The van der Waals surface area contributed by atoms with Crippen LogP contribution in [0.25, 0.3) is 0 Å². The molecule has 0 aromatic carbocycles. The van der Waals surface area contributed by atoms with Crippen LogP contribution in [0, 0.1) is 16.7 Å². The zero-order valence-electron chi connectivity index (χ0n) is 11.0. The maximum Gasteiger partial charge on any atom is 0.399 e. The summed E-state index contributed by atoms with van der Waals surface area (Å²) in [6.07, 6.45) is -1.61. The maximum absolute atomic E-state index is 12.7. The van der Waals surface area contributed by atoms with Crippen molar-refractivity contribution in [2.75, 3.05) is 19.6 Å². The number of nitrogens with zero attached hydrogens (tertiary/aromatic N) is 1. The summed E-state index contributed by atoms with van der Waals surface area (Å²) in [6.45, 7) is 5.40. The van der Waals surface area contributed by atoms with Gasteiger partial charge in [-0.15, -0.1) is 0 Å². The molecule has 1 saturated heterocycles.